The summed E-state index contributed by atoms with van der Waals surface area (Å²) in [6, 6.07) is 13.7. The number of benzene rings is 2. The van der Waals surface area contributed by atoms with Gasteiger partial charge in [0.2, 0.25) is 5.91 Å². The third-order valence-corrected chi connectivity index (χ3v) is 7.32. The number of nitrogens with one attached hydrogen (secondary N) is 2. The van der Waals surface area contributed by atoms with Gasteiger partial charge in [0.25, 0.3) is 5.56 Å². The molecular formula is C24H25N3O4S. The minimum Gasteiger partial charge on any atom is -0.326 e. The molecule has 1 aromatic heterocycles. The quantitative estimate of drug-likeness (QED) is 0.573. The van der Waals surface area contributed by atoms with E-state index in [-0.39, 0.29) is 22.6 Å². The van der Waals surface area contributed by atoms with Gasteiger partial charge in [-0.2, -0.15) is 0 Å². The molecule has 8 heteroatoms. The van der Waals surface area contributed by atoms with Gasteiger partial charge in [0, 0.05) is 29.4 Å². The van der Waals surface area contributed by atoms with Crippen LogP contribution in [0.15, 0.2) is 58.2 Å². The Kier molecular flexibility index (Phi) is 6.23. The number of nitrogens with zero attached hydrogens (tertiary/aromatic N) is 1. The van der Waals surface area contributed by atoms with E-state index in [1.165, 1.54) is 11.6 Å². The minimum atomic E-state index is -3.54. The Morgan fingerprint density at radius 1 is 1.09 bits per heavy atom. The van der Waals surface area contributed by atoms with Crippen LogP contribution in [0.5, 0.6) is 0 Å². The van der Waals surface area contributed by atoms with E-state index in [2.05, 4.69) is 15.3 Å². The van der Waals surface area contributed by atoms with Crippen molar-refractivity contribution in [1.82, 2.24) is 9.97 Å². The Labute approximate surface area is 186 Å². The number of hydrogen-bond acceptors (Lipinski definition) is 5. The number of carbonyl (C=O) groups is 1. The Balaban J connectivity index is 1.43. The molecule has 0 saturated heterocycles. The van der Waals surface area contributed by atoms with Gasteiger partial charge < -0.3 is 10.3 Å². The van der Waals surface area contributed by atoms with Gasteiger partial charge in [-0.1, -0.05) is 25.1 Å². The lowest BCUT2D eigenvalue weighted by Crippen LogP contribution is -2.17. The molecule has 7 nitrogen and oxygen atoms in total. The summed E-state index contributed by atoms with van der Waals surface area (Å²) in [6.07, 6.45) is 3.42. The molecule has 2 aromatic carbocycles. The fourth-order valence-corrected chi connectivity index (χ4v) is 5.17. The number of aryl methyl sites for hydroxylation is 3. The van der Waals surface area contributed by atoms with Crippen LogP contribution in [0.2, 0.25) is 0 Å². The molecule has 0 radical (unpaired) electrons. The van der Waals surface area contributed by atoms with Crippen LogP contribution in [0.25, 0.3) is 11.4 Å². The Morgan fingerprint density at radius 3 is 2.72 bits per heavy atom. The third-order valence-electron chi connectivity index (χ3n) is 5.60. The molecule has 1 heterocycles. The molecule has 4 rings (SSSR count). The van der Waals surface area contributed by atoms with Crippen molar-refractivity contribution in [3.63, 3.8) is 0 Å². The molecular weight excluding hydrogens is 426 g/mol. The molecule has 0 unspecified atom stereocenters. The molecule has 0 bridgehead atoms. The summed E-state index contributed by atoms with van der Waals surface area (Å²) >= 11 is 0. The van der Waals surface area contributed by atoms with Crippen LogP contribution in [0.3, 0.4) is 0 Å². The highest BCUT2D eigenvalue weighted by atomic mass is 32.2. The molecule has 1 aliphatic rings. The molecule has 166 valence electrons. The number of aromatic nitrogens is 2. The second-order valence-electron chi connectivity index (χ2n) is 7.92. The zero-order valence-corrected chi connectivity index (χ0v) is 18.7. The van der Waals surface area contributed by atoms with E-state index in [1.54, 1.807) is 36.4 Å². The first-order chi connectivity index (χ1) is 15.3. The maximum Gasteiger partial charge on any atom is 0.251 e. The number of H-pyrrole nitrogens is 1. The Hall–Kier alpha value is -3.26. The number of aromatic amines is 1. The van der Waals surface area contributed by atoms with Crippen LogP contribution in [-0.2, 0) is 33.9 Å². The molecule has 3 aromatic rings. The van der Waals surface area contributed by atoms with Crippen LogP contribution < -0.4 is 10.9 Å². The number of anilines is 1. The highest BCUT2D eigenvalue weighted by Crippen LogP contribution is 2.25. The first-order valence-electron chi connectivity index (χ1n) is 10.7. The number of carbonyl (C=O) groups excluding carboxylic acids is 1. The van der Waals surface area contributed by atoms with Gasteiger partial charge in [-0.25, -0.2) is 13.4 Å². The number of fused-ring (bicyclic) bond motifs is 1. The van der Waals surface area contributed by atoms with Crippen molar-refractivity contribution < 1.29 is 13.2 Å². The first-order valence-corrected chi connectivity index (χ1v) is 12.3. The van der Waals surface area contributed by atoms with Crippen LogP contribution in [-0.4, -0.2) is 30.0 Å². The van der Waals surface area contributed by atoms with Gasteiger partial charge in [0.1, 0.15) is 5.82 Å². The average molecular weight is 452 g/mol. The zero-order chi connectivity index (χ0) is 22.7. The second-order valence-corrected chi connectivity index (χ2v) is 10.0. The van der Waals surface area contributed by atoms with E-state index < -0.39 is 15.7 Å². The van der Waals surface area contributed by atoms with Gasteiger partial charge in [-0.15, -0.1) is 0 Å². The van der Waals surface area contributed by atoms with Crippen molar-refractivity contribution in [3.8, 4) is 11.4 Å². The fraction of sp³-hybridized carbons (Fsp3) is 0.292. The fourth-order valence-electron chi connectivity index (χ4n) is 3.88. The zero-order valence-electron chi connectivity index (χ0n) is 17.8. The minimum absolute atomic E-state index is 0.149. The van der Waals surface area contributed by atoms with Crippen molar-refractivity contribution >= 4 is 21.4 Å². The van der Waals surface area contributed by atoms with Crippen molar-refractivity contribution in [2.75, 3.05) is 11.1 Å². The smallest absolute Gasteiger partial charge is 0.251 e. The predicted octanol–water partition coefficient (Wildman–Crippen LogP) is 3.29. The normalized spacial score (nSPS) is 13.0. The molecule has 1 amide bonds. The molecule has 32 heavy (non-hydrogen) atoms. The Bertz CT molecular complexity index is 1330. The molecule has 2 N–H and O–H groups in total. The maximum absolute atomic E-state index is 12.7. The summed E-state index contributed by atoms with van der Waals surface area (Å²) in [7, 11) is -3.54. The van der Waals surface area contributed by atoms with E-state index in [0.717, 1.165) is 24.8 Å². The average Bonchev–Trinajstić information content (AvgIpc) is 3.25. The molecule has 0 saturated carbocycles. The highest BCUT2D eigenvalue weighted by molar-refractivity contribution is 7.91. The van der Waals surface area contributed by atoms with Crippen LogP contribution in [0.4, 0.5) is 5.69 Å². The van der Waals surface area contributed by atoms with E-state index in [9.17, 15) is 18.0 Å². The molecule has 1 aliphatic carbocycles. The molecule has 0 atom stereocenters. The number of hydrogen-bond donors (Lipinski definition) is 2. The third kappa shape index (κ3) is 4.96. The Morgan fingerprint density at radius 2 is 1.91 bits per heavy atom. The summed E-state index contributed by atoms with van der Waals surface area (Å²) in [5.41, 5.74) is 3.90. The lowest BCUT2D eigenvalue weighted by molar-refractivity contribution is -0.115. The summed E-state index contributed by atoms with van der Waals surface area (Å²) in [5.74, 6) is -0.231. The summed E-state index contributed by atoms with van der Waals surface area (Å²) in [6.45, 7) is 1.92. The summed E-state index contributed by atoms with van der Waals surface area (Å²) < 4.78 is 25.4. The van der Waals surface area contributed by atoms with Gasteiger partial charge in [0.15, 0.2) is 9.84 Å². The van der Waals surface area contributed by atoms with Crippen LogP contribution >= 0.6 is 0 Å². The molecule has 0 fully saturated rings. The van der Waals surface area contributed by atoms with Crippen LogP contribution in [0.1, 0.15) is 36.6 Å². The summed E-state index contributed by atoms with van der Waals surface area (Å²) in [4.78, 5) is 31.7. The standard InChI is InChI=1S/C24H25N3O4S/c1-2-19-15-23(29)27-24(26-19)18-7-4-8-20(13-18)25-22(28)11-12-32(30,31)21-10-9-16-5-3-6-17(16)14-21/h4,7-10,13-15H,2-3,5-6,11-12H2,1H3,(H,25,28)(H,26,27,29). The van der Waals surface area contributed by atoms with Crippen molar-refractivity contribution in [1.29, 1.82) is 0 Å². The van der Waals surface area contributed by atoms with Crippen molar-refractivity contribution in [2.24, 2.45) is 0 Å². The number of rotatable bonds is 7. The number of amides is 1. The molecule has 0 aliphatic heterocycles. The van der Waals surface area contributed by atoms with E-state index >= 15 is 0 Å². The first kappa shape index (κ1) is 22.0. The lowest BCUT2D eigenvalue weighted by atomic mass is 10.1. The maximum atomic E-state index is 12.7. The van der Waals surface area contributed by atoms with E-state index in [1.807, 2.05) is 13.0 Å². The van der Waals surface area contributed by atoms with Crippen molar-refractivity contribution in [3.05, 3.63) is 75.7 Å². The second kappa shape index (κ2) is 9.08. The molecule has 0 spiro atoms. The highest BCUT2D eigenvalue weighted by Gasteiger charge is 2.20. The van der Waals surface area contributed by atoms with Gasteiger partial charge >= 0.3 is 0 Å². The van der Waals surface area contributed by atoms with Crippen LogP contribution in [0, 0.1) is 0 Å². The van der Waals surface area contributed by atoms with E-state index in [4.69, 9.17) is 0 Å². The number of sulfone groups is 1. The van der Waals surface area contributed by atoms with E-state index in [0.29, 0.717) is 29.2 Å². The topological polar surface area (TPSA) is 109 Å². The van der Waals surface area contributed by atoms with Gasteiger partial charge in [0.05, 0.1) is 10.6 Å². The lowest BCUT2D eigenvalue weighted by Gasteiger charge is -2.09. The monoisotopic (exact) mass is 451 g/mol. The summed E-state index contributed by atoms with van der Waals surface area (Å²) in [5, 5.41) is 2.74. The SMILES string of the molecule is CCc1cc(=O)[nH]c(-c2cccc(NC(=O)CCS(=O)(=O)c3ccc4c(c3)CCC4)c2)n1. The largest absolute Gasteiger partial charge is 0.326 e. The van der Waals surface area contributed by atoms with Crippen molar-refractivity contribution in [2.45, 2.75) is 43.9 Å². The van der Waals surface area contributed by atoms with Gasteiger partial charge in [-0.05, 0) is 61.1 Å². The predicted molar refractivity (Wildman–Crippen MR) is 123 cm³/mol. The van der Waals surface area contributed by atoms with Gasteiger partial charge in [-0.3, -0.25) is 9.59 Å².